The monoisotopic (exact) mass is 311 g/mol. The summed E-state index contributed by atoms with van der Waals surface area (Å²) in [5.41, 5.74) is 4.73. The molecule has 118 valence electrons. The van der Waals surface area contributed by atoms with Crippen LogP contribution in [0.2, 0.25) is 0 Å². The second-order valence-corrected chi connectivity index (χ2v) is 5.32. The molecule has 0 atom stereocenters. The zero-order valence-electron chi connectivity index (χ0n) is 13.2. The molecule has 0 saturated carbocycles. The zero-order valence-corrected chi connectivity index (χ0v) is 13.2. The van der Waals surface area contributed by atoms with Crippen molar-refractivity contribution < 1.29 is 14.3 Å². The van der Waals surface area contributed by atoms with Gasteiger partial charge in [0.25, 0.3) is 5.91 Å². The number of nitrogens with zero attached hydrogens (tertiary/aromatic N) is 1. The van der Waals surface area contributed by atoms with Crippen molar-refractivity contribution in [1.29, 1.82) is 0 Å². The average molecular weight is 311 g/mol. The number of anilines is 1. The first kappa shape index (κ1) is 15.0. The fraction of sp³-hybridized carbons (Fsp3) is 0.235. The summed E-state index contributed by atoms with van der Waals surface area (Å²) in [5, 5.41) is 2.80. The number of carbonyl (C=O) groups is 2. The van der Waals surface area contributed by atoms with E-state index in [0.29, 0.717) is 23.4 Å². The first-order valence-corrected chi connectivity index (χ1v) is 7.36. The Hall–Kier alpha value is -2.89. The number of nitrogens with one attached hydrogen (secondary N) is 2. The predicted molar refractivity (Wildman–Crippen MR) is 87.0 cm³/mol. The fourth-order valence-electron chi connectivity index (χ4n) is 2.75. The summed E-state index contributed by atoms with van der Waals surface area (Å²) in [6.45, 7) is 5.73. The number of aromatic amines is 1. The van der Waals surface area contributed by atoms with Crippen LogP contribution in [-0.2, 0) is 9.53 Å². The topological polar surface area (TPSA) is 84.1 Å². The summed E-state index contributed by atoms with van der Waals surface area (Å²) in [6, 6.07) is 1.75. The molecule has 0 aliphatic carbocycles. The van der Waals surface area contributed by atoms with E-state index in [0.717, 1.165) is 22.5 Å². The molecule has 0 aromatic carbocycles. The third-order valence-electron chi connectivity index (χ3n) is 3.85. The molecule has 23 heavy (non-hydrogen) atoms. The molecule has 0 unspecified atom stereocenters. The van der Waals surface area contributed by atoms with Crippen LogP contribution >= 0.6 is 0 Å². The number of hydrogen-bond acceptors (Lipinski definition) is 4. The van der Waals surface area contributed by atoms with Crippen molar-refractivity contribution in [2.24, 2.45) is 0 Å². The summed E-state index contributed by atoms with van der Waals surface area (Å²) < 4.78 is 5.08. The molecule has 1 aliphatic heterocycles. The molecule has 6 nitrogen and oxygen atoms in total. The third kappa shape index (κ3) is 2.52. The minimum Gasteiger partial charge on any atom is -0.462 e. The van der Waals surface area contributed by atoms with Crippen molar-refractivity contribution in [2.75, 3.05) is 11.9 Å². The summed E-state index contributed by atoms with van der Waals surface area (Å²) in [5.74, 6) is -0.543. The summed E-state index contributed by atoms with van der Waals surface area (Å²) in [6.07, 6.45) is 5.02. The summed E-state index contributed by atoms with van der Waals surface area (Å²) in [4.78, 5) is 31.4. The van der Waals surface area contributed by atoms with Gasteiger partial charge in [0.05, 0.1) is 23.4 Å². The molecule has 0 saturated heterocycles. The molecule has 6 heteroatoms. The second-order valence-electron chi connectivity index (χ2n) is 5.32. The van der Waals surface area contributed by atoms with Gasteiger partial charge >= 0.3 is 5.97 Å². The lowest BCUT2D eigenvalue weighted by Gasteiger charge is -2.02. The van der Waals surface area contributed by atoms with E-state index >= 15 is 0 Å². The number of fused-ring (bicyclic) bond motifs is 1. The number of carbonyl (C=O) groups excluding carboxylic acids is 2. The lowest BCUT2D eigenvalue weighted by atomic mass is 10.1. The Labute approximate surface area is 133 Å². The standard InChI is InChI=1S/C17H17N3O3/c1-4-23-17(22)15-9(2)14(19-10(15)3)7-11-12-8-18-6-5-13(12)20-16(11)21/h5-8,19H,4H2,1-3H3,(H,20,21). The van der Waals surface area contributed by atoms with E-state index in [1.807, 2.05) is 13.8 Å². The Kier molecular flexibility index (Phi) is 3.73. The van der Waals surface area contributed by atoms with Crippen LogP contribution in [-0.4, -0.2) is 28.5 Å². The van der Waals surface area contributed by atoms with Crippen molar-refractivity contribution in [2.45, 2.75) is 20.8 Å². The minimum absolute atomic E-state index is 0.183. The van der Waals surface area contributed by atoms with Crippen LogP contribution in [0.15, 0.2) is 18.5 Å². The molecular formula is C17H17N3O3. The van der Waals surface area contributed by atoms with Crippen molar-refractivity contribution >= 4 is 29.2 Å². The maximum atomic E-state index is 12.2. The van der Waals surface area contributed by atoms with Crippen molar-refractivity contribution in [3.05, 3.63) is 46.5 Å². The molecule has 0 spiro atoms. The maximum absolute atomic E-state index is 12.2. The van der Waals surface area contributed by atoms with E-state index in [9.17, 15) is 9.59 Å². The van der Waals surface area contributed by atoms with E-state index in [1.165, 1.54) is 0 Å². The molecule has 3 heterocycles. The number of hydrogen-bond donors (Lipinski definition) is 2. The Morgan fingerprint density at radius 3 is 2.91 bits per heavy atom. The van der Waals surface area contributed by atoms with Crippen LogP contribution in [0.4, 0.5) is 5.69 Å². The molecule has 0 fully saturated rings. The smallest absolute Gasteiger partial charge is 0.340 e. The first-order valence-electron chi connectivity index (χ1n) is 7.36. The van der Waals surface area contributed by atoms with Crippen LogP contribution < -0.4 is 5.32 Å². The highest BCUT2D eigenvalue weighted by atomic mass is 16.5. The van der Waals surface area contributed by atoms with E-state index < -0.39 is 0 Å². The van der Waals surface area contributed by atoms with E-state index in [-0.39, 0.29) is 11.9 Å². The average Bonchev–Trinajstić information content (AvgIpc) is 2.97. The van der Waals surface area contributed by atoms with Gasteiger partial charge in [0.2, 0.25) is 0 Å². The summed E-state index contributed by atoms with van der Waals surface area (Å²) in [7, 11) is 0. The van der Waals surface area contributed by atoms with Gasteiger partial charge in [-0.25, -0.2) is 4.79 Å². The quantitative estimate of drug-likeness (QED) is 0.674. The number of aryl methyl sites for hydroxylation is 1. The molecule has 0 bridgehead atoms. The molecule has 0 radical (unpaired) electrons. The van der Waals surface area contributed by atoms with Crippen molar-refractivity contribution in [3.8, 4) is 0 Å². The Morgan fingerprint density at radius 2 is 2.17 bits per heavy atom. The highest BCUT2D eigenvalue weighted by Crippen LogP contribution is 2.33. The number of H-pyrrole nitrogens is 1. The highest BCUT2D eigenvalue weighted by Gasteiger charge is 2.25. The molecule has 1 amide bonds. The van der Waals surface area contributed by atoms with Gasteiger partial charge in [-0.15, -0.1) is 0 Å². The normalized spacial score (nSPS) is 14.7. The highest BCUT2D eigenvalue weighted by molar-refractivity contribution is 6.34. The molecular weight excluding hydrogens is 294 g/mol. The van der Waals surface area contributed by atoms with E-state index in [1.54, 1.807) is 31.5 Å². The zero-order chi connectivity index (χ0) is 16.6. The van der Waals surface area contributed by atoms with Gasteiger partial charge < -0.3 is 15.0 Å². The number of aromatic nitrogens is 2. The van der Waals surface area contributed by atoms with E-state index in [2.05, 4.69) is 15.3 Å². The predicted octanol–water partition coefficient (Wildman–Crippen LogP) is 2.70. The van der Waals surface area contributed by atoms with Crippen LogP contribution in [0.25, 0.3) is 11.6 Å². The first-order chi connectivity index (χ1) is 11.0. The number of amides is 1. The second kappa shape index (κ2) is 5.72. The molecule has 2 aromatic heterocycles. The van der Waals surface area contributed by atoms with Gasteiger partial charge in [0.15, 0.2) is 0 Å². The lowest BCUT2D eigenvalue weighted by molar-refractivity contribution is -0.110. The number of esters is 1. The van der Waals surface area contributed by atoms with Gasteiger partial charge in [0.1, 0.15) is 0 Å². The van der Waals surface area contributed by atoms with Crippen LogP contribution in [0.5, 0.6) is 0 Å². The van der Waals surface area contributed by atoms with Crippen molar-refractivity contribution in [1.82, 2.24) is 9.97 Å². The largest absolute Gasteiger partial charge is 0.462 e. The van der Waals surface area contributed by atoms with Crippen LogP contribution in [0.1, 0.15) is 39.8 Å². The molecule has 1 aliphatic rings. The molecule has 2 N–H and O–H groups in total. The number of ether oxygens (including phenoxy) is 1. The third-order valence-corrected chi connectivity index (χ3v) is 3.85. The SMILES string of the molecule is CCOC(=O)c1c(C)[nH]c(C=C2C(=O)Nc3ccncc32)c1C. The van der Waals surface area contributed by atoms with Gasteiger partial charge in [-0.2, -0.15) is 0 Å². The van der Waals surface area contributed by atoms with Gasteiger partial charge in [-0.3, -0.25) is 9.78 Å². The van der Waals surface area contributed by atoms with Gasteiger partial charge in [-0.1, -0.05) is 0 Å². The van der Waals surface area contributed by atoms with Crippen molar-refractivity contribution in [3.63, 3.8) is 0 Å². The molecule has 2 aromatic rings. The number of pyridine rings is 1. The maximum Gasteiger partial charge on any atom is 0.340 e. The Morgan fingerprint density at radius 1 is 1.39 bits per heavy atom. The number of rotatable bonds is 3. The van der Waals surface area contributed by atoms with Crippen LogP contribution in [0, 0.1) is 13.8 Å². The van der Waals surface area contributed by atoms with Crippen LogP contribution in [0.3, 0.4) is 0 Å². The lowest BCUT2D eigenvalue weighted by Crippen LogP contribution is -2.06. The summed E-state index contributed by atoms with van der Waals surface area (Å²) >= 11 is 0. The Balaban J connectivity index is 2.06. The van der Waals surface area contributed by atoms with Gasteiger partial charge in [0, 0.05) is 29.3 Å². The Bertz CT molecular complexity index is 834. The molecule has 3 rings (SSSR count). The minimum atomic E-state index is -0.360. The van der Waals surface area contributed by atoms with E-state index in [4.69, 9.17) is 4.74 Å². The fourth-order valence-corrected chi connectivity index (χ4v) is 2.75. The van der Waals surface area contributed by atoms with Gasteiger partial charge in [-0.05, 0) is 38.5 Å².